The summed E-state index contributed by atoms with van der Waals surface area (Å²) >= 11 is 0. The normalized spacial score (nSPS) is 16.6. The van der Waals surface area contributed by atoms with Crippen molar-refractivity contribution in [1.82, 2.24) is 20.4 Å². The van der Waals surface area contributed by atoms with Crippen LogP contribution in [-0.4, -0.2) is 81.8 Å². The molecule has 1 aliphatic heterocycles. The Kier molecular flexibility index (Phi) is 13.5. The highest BCUT2D eigenvalue weighted by Crippen LogP contribution is 2.12. The molecule has 0 bridgehead atoms. The van der Waals surface area contributed by atoms with Crippen LogP contribution in [0.15, 0.2) is 35.3 Å². The van der Waals surface area contributed by atoms with Crippen LogP contribution in [0.25, 0.3) is 0 Å². The van der Waals surface area contributed by atoms with Crippen molar-refractivity contribution in [3.63, 3.8) is 0 Å². The second-order valence-corrected chi connectivity index (χ2v) is 7.92. The molecule has 1 fully saturated rings. The maximum Gasteiger partial charge on any atom is 0.191 e. The third kappa shape index (κ3) is 10.1. The number of ether oxygens (including phenoxy) is 1. The molecule has 29 heavy (non-hydrogen) atoms. The molecule has 0 amide bonds. The lowest BCUT2D eigenvalue weighted by molar-refractivity contribution is 0.00752. The maximum absolute atomic E-state index is 5.50. The quantitative estimate of drug-likeness (QED) is 0.216. The van der Waals surface area contributed by atoms with Crippen molar-refractivity contribution < 1.29 is 4.74 Å². The summed E-state index contributed by atoms with van der Waals surface area (Å²) in [6.45, 7) is 12.2. The summed E-state index contributed by atoms with van der Waals surface area (Å²) in [6.07, 6.45) is 1.08. The summed E-state index contributed by atoms with van der Waals surface area (Å²) in [5.74, 6) is 1.49. The van der Waals surface area contributed by atoms with Gasteiger partial charge in [-0.25, -0.2) is 0 Å². The fourth-order valence-corrected chi connectivity index (χ4v) is 3.65. The zero-order chi connectivity index (χ0) is 20.2. The van der Waals surface area contributed by atoms with E-state index >= 15 is 0 Å². The van der Waals surface area contributed by atoms with E-state index in [0.29, 0.717) is 12.0 Å². The van der Waals surface area contributed by atoms with Crippen LogP contribution in [0.1, 0.15) is 25.8 Å². The van der Waals surface area contributed by atoms with Gasteiger partial charge in [0.2, 0.25) is 0 Å². The molecule has 1 unspecified atom stereocenters. The molecule has 1 atom stereocenters. The number of hydrogen-bond acceptors (Lipinski definition) is 4. The minimum absolute atomic E-state index is 0. The van der Waals surface area contributed by atoms with Gasteiger partial charge < -0.3 is 20.3 Å². The van der Waals surface area contributed by atoms with Crippen LogP contribution in [0, 0.1) is 5.92 Å². The van der Waals surface area contributed by atoms with Crippen molar-refractivity contribution in [2.45, 2.75) is 32.9 Å². The molecule has 1 heterocycles. The number of aliphatic imine (C=N–C) groups is 1. The highest BCUT2D eigenvalue weighted by atomic mass is 127. The Labute approximate surface area is 194 Å². The standard InChI is InChI=1S/C22H39N5O.HI/c1-19(2)21(27-13-15-28-16-14-27)17-25-22(23-3)24-11-8-12-26(4)18-20-9-6-5-7-10-20;/h5-7,9-10,19,21H,8,11-18H2,1-4H3,(H2,23,24,25);1H. The second kappa shape index (κ2) is 15.0. The van der Waals surface area contributed by atoms with Crippen molar-refractivity contribution in [2.24, 2.45) is 10.9 Å². The topological polar surface area (TPSA) is 52.1 Å². The highest BCUT2D eigenvalue weighted by molar-refractivity contribution is 14.0. The van der Waals surface area contributed by atoms with Gasteiger partial charge in [-0.05, 0) is 31.5 Å². The third-order valence-corrected chi connectivity index (χ3v) is 5.29. The Balaban J connectivity index is 0.00000420. The number of nitrogens with zero attached hydrogens (tertiary/aromatic N) is 3. The van der Waals surface area contributed by atoms with Crippen molar-refractivity contribution in [2.75, 3.05) is 60.0 Å². The molecule has 0 radical (unpaired) electrons. The number of rotatable bonds is 10. The van der Waals surface area contributed by atoms with E-state index in [2.05, 4.69) is 76.7 Å². The first-order chi connectivity index (χ1) is 13.6. The molecule has 0 spiro atoms. The van der Waals surface area contributed by atoms with E-state index in [-0.39, 0.29) is 24.0 Å². The molecular weight excluding hydrogens is 477 g/mol. The summed E-state index contributed by atoms with van der Waals surface area (Å²) < 4.78 is 5.50. The highest BCUT2D eigenvalue weighted by Gasteiger charge is 2.23. The molecule has 166 valence electrons. The number of morpholine rings is 1. The number of nitrogens with one attached hydrogen (secondary N) is 2. The minimum Gasteiger partial charge on any atom is -0.379 e. The fourth-order valence-electron chi connectivity index (χ4n) is 3.65. The first kappa shape index (κ1) is 26.1. The van der Waals surface area contributed by atoms with Gasteiger partial charge in [-0.15, -0.1) is 24.0 Å². The number of guanidine groups is 1. The SMILES string of the molecule is CN=C(NCCCN(C)Cc1ccccc1)NCC(C(C)C)N1CCOCC1.I. The Morgan fingerprint density at radius 1 is 1.17 bits per heavy atom. The van der Waals surface area contributed by atoms with Crippen LogP contribution >= 0.6 is 24.0 Å². The summed E-state index contributed by atoms with van der Waals surface area (Å²) in [6, 6.07) is 11.1. The van der Waals surface area contributed by atoms with Crippen LogP contribution in [0.2, 0.25) is 0 Å². The van der Waals surface area contributed by atoms with Crippen LogP contribution in [-0.2, 0) is 11.3 Å². The van der Waals surface area contributed by atoms with Gasteiger partial charge in [0.1, 0.15) is 0 Å². The van der Waals surface area contributed by atoms with Crippen LogP contribution in [0.3, 0.4) is 0 Å². The fraction of sp³-hybridized carbons (Fsp3) is 0.682. The summed E-state index contributed by atoms with van der Waals surface area (Å²) in [5.41, 5.74) is 1.36. The van der Waals surface area contributed by atoms with Gasteiger partial charge in [-0.3, -0.25) is 9.89 Å². The molecular formula is C22H40IN5O. The van der Waals surface area contributed by atoms with Crippen molar-refractivity contribution in [3.8, 4) is 0 Å². The van der Waals surface area contributed by atoms with Crippen molar-refractivity contribution in [3.05, 3.63) is 35.9 Å². The van der Waals surface area contributed by atoms with E-state index in [1.807, 2.05) is 7.05 Å². The first-order valence-corrected chi connectivity index (χ1v) is 10.6. The van der Waals surface area contributed by atoms with E-state index in [9.17, 15) is 0 Å². The van der Waals surface area contributed by atoms with E-state index < -0.39 is 0 Å². The number of hydrogen-bond donors (Lipinski definition) is 2. The van der Waals surface area contributed by atoms with Crippen molar-refractivity contribution >= 4 is 29.9 Å². The summed E-state index contributed by atoms with van der Waals surface area (Å²) in [7, 11) is 4.02. The Hall–Kier alpha value is -0.900. The lowest BCUT2D eigenvalue weighted by atomic mass is 10.0. The average molecular weight is 518 g/mol. The monoisotopic (exact) mass is 517 g/mol. The molecule has 1 aromatic rings. The van der Waals surface area contributed by atoms with E-state index in [1.165, 1.54) is 5.56 Å². The van der Waals surface area contributed by atoms with Crippen LogP contribution in [0.4, 0.5) is 0 Å². The zero-order valence-corrected chi connectivity index (χ0v) is 20.9. The third-order valence-electron chi connectivity index (χ3n) is 5.29. The van der Waals surface area contributed by atoms with Crippen molar-refractivity contribution in [1.29, 1.82) is 0 Å². The summed E-state index contributed by atoms with van der Waals surface area (Å²) in [4.78, 5) is 9.28. The lowest BCUT2D eigenvalue weighted by Gasteiger charge is -2.37. The molecule has 0 aromatic heterocycles. The van der Waals surface area contributed by atoms with E-state index in [0.717, 1.165) is 64.9 Å². The number of halogens is 1. The summed E-state index contributed by atoms with van der Waals surface area (Å²) in [5, 5.41) is 6.97. The molecule has 1 aromatic carbocycles. The Bertz CT molecular complexity index is 564. The number of benzene rings is 1. The van der Waals surface area contributed by atoms with Gasteiger partial charge in [-0.2, -0.15) is 0 Å². The minimum atomic E-state index is 0. The Morgan fingerprint density at radius 2 is 1.86 bits per heavy atom. The first-order valence-electron chi connectivity index (χ1n) is 10.6. The zero-order valence-electron chi connectivity index (χ0n) is 18.6. The van der Waals surface area contributed by atoms with Gasteiger partial charge in [0.05, 0.1) is 13.2 Å². The molecule has 1 aliphatic rings. The van der Waals surface area contributed by atoms with Gasteiger partial charge in [-0.1, -0.05) is 44.2 Å². The van der Waals surface area contributed by atoms with E-state index in [4.69, 9.17) is 4.74 Å². The van der Waals surface area contributed by atoms with Crippen LogP contribution < -0.4 is 10.6 Å². The lowest BCUT2D eigenvalue weighted by Crippen LogP contribution is -2.52. The second-order valence-electron chi connectivity index (χ2n) is 7.92. The molecule has 0 saturated carbocycles. The average Bonchev–Trinajstić information content (AvgIpc) is 2.71. The molecule has 2 rings (SSSR count). The van der Waals surface area contributed by atoms with E-state index in [1.54, 1.807) is 0 Å². The molecule has 1 saturated heterocycles. The smallest absolute Gasteiger partial charge is 0.191 e. The molecule has 6 nitrogen and oxygen atoms in total. The predicted molar refractivity (Wildman–Crippen MR) is 133 cm³/mol. The largest absolute Gasteiger partial charge is 0.379 e. The van der Waals surface area contributed by atoms with Gasteiger partial charge in [0.25, 0.3) is 0 Å². The maximum atomic E-state index is 5.50. The van der Waals surface area contributed by atoms with Gasteiger partial charge >= 0.3 is 0 Å². The Morgan fingerprint density at radius 3 is 2.48 bits per heavy atom. The molecule has 2 N–H and O–H groups in total. The molecule has 7 heteroatoms. The van der Waals surface area contributed by atoms with Gasteiger partial charge in [0.15, 0.2) is 5.96 Å². The van der Waals surface area contributed by atoms with Gasteiger partial charge in [0, 0.05) is 45.8 Å². The predicted octanol–water partition coefficient (Wildman–Crippen LogP) is 2.65. The molecule has 0 aliphatic carbocycles. The van der Waals surface area contributed by atoms with Crippen LogP contribution in [0.5, 0.6) is 0 Å².